The molecule has 1 aliphatic rings. The van der Waals surface area contributed by atoms with Crippen LogP contribution in [0.1, 0.15) is 29.6 Å². The third kappa shape index (κ3) is 4.26. The monoisotopic (exact) mass is 294 g/mol. The Morgan fingerprint density at radius 1 is 1.14 bits per heavy atom. The number of carbonyl (C=O) groups excluding carboxylic acids is 2. The summed E-state index contributed by atoms with van der Waals surface area (Å²) in [5, 5.41) is 14.9. The molecule has 21 heavy (non-hydrogen) atoms. The standard InChI is InChI=1S/C15H19FN2O3/c16-11-6-4-10(5-7-11)14(20)17-8-9-18-15(21)12-2-1-3-13(12)19/h4-7,12-13,19H,1-3,8-9H2,(H,17,20)(H,18,21). The summed E-state index contributed by atoms with van der Waals surface area (Å²) in [6.07, 6.45) is 1.67. The van der Waals surface area contributed by atoms with Crippen LogP contribution in [-0.4, -0.2) is 36.1 Å². The van der Waals surface area contributed by atoms with Gasteiger partial charge in [-0.2, -0.15) is 0 Å². The summed E-state index contributed by atoms with van der Waals surface area (Å²) in [7, 11) is 0. The Labute approximate surface area is 122 Å². The number of amides is 2. The number of hydrogen-bond donors (Lipinski definition) is 3. The second-order valence-corrected chi connectivity index (χ2v) is 5.16. The van der Waals surface area contributed by atoms with E-state index in [0.29, 0.717) is 24.9 Å². The van der Waals surface area contributed by atoms with Gasteiger partial charge in [0, 0.05) is 18.7 Å². The molecule has 1 aromatic rings. The first kappa shape index (κ1) is 15.4. The molecule has 0 saturated heterocycles. The highest BCUT2D eigenvalue weighted by atomic mass is 19.1. The van der Waals surface area contributed by atoms with Crippen LogP contribution in [0.15, 0.2) is 24.3 Å². The van der Waals surface area contributed by atoms with Crippen molar-refractivity contribution >= 4 is 11.8 Å². The molecule has 1 fully saturated rings. The maximum Gasteiger partial charge on any atom is 0.251 e. The third-order valence-corrected chi connectivity index (χ3v) is 3.63. The van der Waals surface area contributed by atoms with Gasteiger partial charge in [0.15, 0.2) is 0 Å². The van der Waals surface area contributed by atoms with Gasteiger partial charge in [0.1, 0.15) is 5.82 Å². The molecular weight excluding hydrogens is 275 g/mol. The van der Waals surface area contributed by atoms with Crippen LogP contribution in [0.5, 0.6) is 0 Å². The third-order valence-electron chi connectivity index (χ3n) is 3.63. The smallest absolute Gasteiger partial charge is 0.251 e. The molecule has 0 radical (unpaired) electrons. The van der Waals surface area contributed by atoms with Crippen molar-refractivity contribution in [3.05, 3.63) is 35.6 Å². The number of aliphatic hydroxyl groups excluding tert-OH is 1. The fourth-order valence-corrected chi connectivity index (χ4v) is 2.44. The molecule has 114 valence electrons. The van der Waals surface area contributed by atoms with Crippen LogP contribution in [0.4, 0.5) is 4.39 Å². The van der Waals surface area contributed by atoms with Crippen LogP contribution in [0, 0.1) is 11.7 Å². The van der Waals surface area contributed by atoms with Gasteiger partial charge in [-0.1, -0.05) is 0 Å². The molecule has 0 heterocycles. The van der Waals surface area contributed by atoms with E-state index in [1.54, 1.807) is 0 Å². The van der Waals surface area contributed by atoms with Crippen molar-refractivity contribution in [1.82, 2.24) is 10.6 Å². The Hall–Kier alpha value is -1.95. The first-order valence-electron chi connectivity index (χ1n) is 7.07. The maximum atomic E-state index is 12.7. The average molecular weight is 294 g/mol. The molecule has 0 spiro atoms. The predicted molar refractivity (Wildman–Crippen MR) is 75.1 cm³/mol. The van der Waals surface area contributed by atoms with Crippen molar-refractivity contribution in [2.75, 3.05) is 13.1 Å². The van der Waals surface area contributed by atoms with Gasteiger partial charge in [0.25, 0.3) is 5.91 Å². The highest BCUT2D eigenvalue weighted by molar-refractivity contribution is 5.94. The number of halogens is 1. The molecule has 2 unspecified atom stereocenters. The summed E-state index contributed by atoms with van der Waals surface area (Å²) in [5.74, 6) is -1.21. The van der Waals surface area contributed by atoms with Gasteiger partial charge in [-0.25, -0.2) is 4.39 Å². The number of aliphatic hydroxyl groups is 1. The van der Waals surface area contributed by atoms with E-state index in [4.69, 9.17) is 0 Å². The molecule has 1 aromatic carbocycles. The fourth-order valence-electron chi connectivity index (χ4n) is 2.44. The molecule has 0 bridgehead atoms. The Balaban J connectivity index is 1.68. The van der Waals surface area contributed by atoms with E-state index in [1.807, 2.05) is 0 Å². The summed E-state index contributed by atoms with van der Waals surface area (Å²) in [5.41, 5.74) is 0.369. The number of rotatable bonds is 5. The molecule has 0 aromatic heterocycles. The highest BCUT2D eigenvalue weighted by Gasteiger charge is 2.30. The average Bonchev–Trinajstić information content (AvgIpc) is 2.90. The van der Waals surface area contributed by atoms with Gasteiger partial charge < -0.3 is 15.7 Å². The van der Waals surface area contributed by atoms with Crippen LogP contribution in [-0.2, 0) is 4.79 Å². The Morgan fingerprint density at radius 3 is 2.43 bits per heavy atom. The Kier molecular flexibility index (Phi) is 5.27. The van der Waals surface area contributed by atoms with E-state index in [2.05, 4.69) is 10.6 Å². The largest absolute Gasteiger partial charge is 0.392 e. The highest BCUT2D eigenvalue weighted by Crippen LogP contribution is 2.25. The van der Waals surface area contributed by atoms with E-state index >= 15 is 0 Å². The molecule has 3 N–H and O–H groups in total. The summed E-state index contributed by atoms with van der Waals surface area (Å²) in [6, 6.07) is 5.24. The van der Waals surface area contributed by atoms with Gasteiger partial charge in [0.2, 0.25) is 5.91 Å². The lowest BCUT2D eigenvalue weighted by molar-refractivity contribution is -0.127. The number of hydrogen-bond acceptors (Lipinski definition) is 3. The lowest BCUT2D eigenvalue weighted by Gasteiger charge is -2.14. The van der Waals surface area contributed by atoms with Crippen molar-refractivity contribution in [3.63, 3.8) is 0 Å². The SMILES string of the molecule is O=C(NCCNC(=O)C1CCCC1O)c1ccc(F)cc1. The lowest BCUT2D eigenvalue weighted by atomic mass is 10.1. The molecule has 1 saturated carbocycles. The first-order valence-corrected chi connectivity index (χ1v) is 7.07. The van der Waals surface area contributed by atoms with Crippen molar-refractivity contribution in [2.45, 2.75) is 25.4 Å². The summed E-state index contributed by atoms with van der Waals surface area (Å²) in [6.45, 7) is 0.583. The number of benzene rings is 1. The minimum atomic E-state index is -0.557. The molecule has 1 aliphatic carbocycles. The van der Waals surface area contributed by atoms with Gasteiger partial charge in [0.05, 0.1) is 12.0 Å². The van der Waals surface area contributed by atoms with E-state index in [0.717, 1.165) is 6.42 Å². The summed E-state index contributed by atoms with van der Waals surface area (Å²) >= 11 is 0. The second-order valence-electron chi connectivity index (χ2n) is 5.16. The number of nitrogens with one attached hydrogen (secondary N) is 2. The van der Waals surface area contributed by atoms with Crippen LogP contribution < -0.4 is 10.6 Å². The predicted octanol–water partition coefficient (Wildman–Crippen LogP) is 0.833. The first-order chi connectivity index (χ1) is 10.1. The van der Waals surface area contributed by atoms with Gasteiger partial charge in [-0.3, -0.25) is 9.59 Å². The van der Waals surface area contributed by atoms with Crippen molar-refractivity contribution < 1.29 is 19.1 Å². The topological polar surface area (TPSA) is 78.4 Å². The summed E-state index contributed by atoms with van der Waals surface area (Å²) < 4.78 is 12.7. The second kappa shape index (κ2) is 7.17. The summed E-state index contributed by atoms with van der Waals surface area (Å²) in [4.78, 5) is 23.5. The van der Waals surface area contributed by atoms with E-state index < -0.39 is 11.9 Å². The van der Waals surface area contributed by atoms with Crippen molar-refractivity contribution in [3.8, 4) is 0 Å². The molecule has 6 heteroatoms. The molecule has 2 atom stereocenters. The van der Waals surface area contributed by atoms with Crippen LogP contribution >= 0.6 is 0 Å². The zero-order chi connectivity index (χ0) is 15.2. The molecular formula is C15H19FN2O3. The Bertz CT molecular complexity index is 504. The minimum Gasteiger partial charge on any atom is -0.392 e. The van der Waals surface area contributed by atoms with Crippen molar-refractivity contribution in [2.24, 2.45) is 5.92 Å². The quantitative estimate of drug-likeness (QED) is 0.704. The molecule has 2 amide bonds. The lowest BCUT2D eigenvalue weighted by Crippen LogP contribution is -2.39. The minimum absolute atomic E-state index is 0.170. The maximum absolute atomic E-state index is 12.7. The van der Waals surface area contributed by atoms with Crippen LogP contribution in [0.2, 0.25) is 0 Å². The van der Waals surface area contributed by atoms with Gasteiger partial charge in [-0.05, 0) is 43.5 Å². The fraction of sp³-hybridized carbons (Fsp3) is 0.467. The van der Waals surface area contributed by atoms with E-state index in [-0.39, 0.29) is 24.3 Å². The zero-order valence-corrected chi connectivity index (χ0v) is 11.6. The zero-order valence-electron chi connectivity index (χ0n) is 11.6. The van der Waals surface area contributed by atoms with Crippen molar-refractivity contribution in [1.29, 1.82) is 0 Å². The van der Waals surface area contributed by atoms with Crippen LogP contribution in [0.25, 0.3) is 0 Å². The van der Waals surface area contributed by atoms with Crippen LogP contribution in [0.3, 0.4) is 0 Å². The number of carbonyl (C=O) groups is 2. The van der Waals surface area contributed by atoms with Gasteiger partial charge >= 0.3 is 0 Å². The molecule has 2 rings (SSSR count). The van der Waals surface area contributed by atoms with Gasteiger partial charge in [-0.15, -0.1) is 0 Å². The molecule has 0 aliphatic heterocycles. The Morgan fingerprint density at radius 2 is 1.81 bits per heavy atom. The normalized spacial score (nSPS) is 21.0. The molecule has 5 nitrogen and oxygen atoms in total. The van der Waals surface area contributed by atoms with E-state index in [1.165, 1.54) is 24.3 Å². The van der Waals surface area contributed by atoms with E-state index in [9.17, 15) is 19.1 Å².